The van der Waals surface area contributed by atoms with Gasteiger partial charge < -0.3 is 34.2 Å². The Balaban J connectivity index is 4.47. The van der Waals surface area contributed by atoms with E-state index in [2.05, 4.69) is 118 Å². The van der Waals surface area contributed by atoms with Crippen molar-refractivity contribution in [1.29, 1.82) is 0 Å². The van der Waals surface area contributed by atoms with Gasteiger partial charge in [-0.15, -0.1) is 0 Å². The smallest absolute Gasteiger partial charge is 0.463 e. The van der Waals surface area contributed by atoms with Gasteiger partial charge in [0, 0.05) is 19.3 Å². The maximum atomic E-state index is 12.9. The van der Waals surface area contributed by atoms with Crippen LogP contribution in [0, 0.1) is 0 Å². The van der Waals surface area contributed by atoms with Crippen molar-refractivity contribution in [3.05, 3.63) is 97.2 Å². The molecule has 16 nitrogen and oxygen atoms in total. The van der Waals surface area contributed by atoms with Gasteiger partial charge in [0.2, 0.25) is 0 Å². The van der Waals surface area contributed by atoms with Crippen LogP contribution in [0.3, 0.4) is 0 Å². The predicted octanol–water partition coefficient (Wildman–Crippen LogP) is 22.2. The first kappa shape index (κ1) is 93.5. The number of esters is 3. The largest absolute Gasteiger partial charge is 0.472 e. The highest BCUT2D eigenvalue weighted by Gasteiger charge is 2.29. The van der Waals surface area contributed by atoms with Crippen molar-refractivity contribution in [2.24, 2.45) is 0 Å². The van der Waals surface area contributed by atoms with Crippen LogP contribution in [0.2, 0.25) is 0 Å². The lowest BCUT2D eigenvalue weighted by Gasteiger charge is -2.21. The highest BCUT2D eigenvalue weighted by atomic mass is 31.2. The van der Waals surface area contributed by atoms with Crippen LogP contribution < -0.4 is 0 Å². The van der Waals surface area contributed by atoms with E-state index in [1.54, 1.807) is 0 Å². The van der Waals surface area contributed by atoms with Gasteiger partial charge in [0.05, 0.1) is 26.4 Å². The minimum atomic E-state index is -4.93. The Kier molecular flexibility index (Phi) is 69.6. The molecule has 0 aromatic rings. The first-order chi connectivity index (χ1) is 47.2. The molecule has 0 spiro atoms. The second kappa shape index (κ2) is 72.3. The number of hydrogen-bond donors (Lipinski definition) is 4. The average molecular weight is 1410 g/mol. The summed E-state index contributed by atoms with van der Waals surface area (Å²) >= 11 is 0. The molecular weight excluding hydrogens is 1270 g/mol. The van der Waals surface area contributed by atoms with Gasteiger partial charge in [0.1, 0.15) is 25.4 Å². The summed E-state index contributed by atoms with van der Waals surface area (Å²) in [6.07, 6.45) is 81.7. The third-order valence-electron chi connectivity index (χ3n) is 16.3. The first-order valence-corrected chi connectivity index (χ1v) is 41.5. The maximum Gasteiger partial charge on any atom is 0.472 e. The van der Waals surface area contributed by atoms with Gasteiger partial charge in [-0.25, -0.2) is 9.13 Å². The van der Waals surface area contributed by atoms with E-state index >= 15 is 0 Å². The molecule has 0 aromatic heterocycles. The van der Waals surface area contributed by atoms with E-state index in [0.717, 1.165) is 135 Å². The lowest BCUT2D eigenvalue weighted by atomic mass is 10.0. The predicted molar refractivity (Wildman–Crippen MR) is 399 cm³/mol. The van der Waals surface area contributed by atoms with E-state index in [-0.39, 0.29) is 19.3 Å². The van der Waals surface area contributed by atoms with Crippen LogP contribution in [0.5, 0.6) is 0 Å². The Labute approximate surface area is 590 Å². The minimum absolute atomic E-state index is 0.104. The number of carbonyl (C=O) groups excluding carboxylic acids is 3. The summed E-state index contributed by atoms with van der Waals surface area (Å²) in [6.45, 7) is 2.55. The SMILES string of the molecule is CC/C=C\C/C=C\C/C=C\C/C=C\CCCCCCCCC(=O)OCC(COP(=O)(O)OCC(O)COP(=O)(O)OCC(O)COC(=O)CCCCCCCCCCCCCCC/C=C\C/C=C\C/C=C\C/C=C\CCCCC)OC(=O)CCCCCCCCCCCCCCC. The lowest BCUT2D eigenvalue weighted by molar-refractivity contribution is -0.161. The van der Waals surface area contributed by atoms with Gasteiger partial charge in [-0.2, -0.15) is 0 Å². The van der Waals surface area contributed by atoms with E-state index in [1.807, 2.05) is 0 Å². The Hall–Kier alpha value is -3.53. The second-order valence-electron chi connectivity index (χ2n) is 25.8. The zero-order chi connectivity index (χ0) is 70.9. The standard InChI is InChI=1S/C79H140O16P2/c1-4-7-10-13-16-19-22-25-27-29-31-32-33-34-35-36-37-38-39-40-42-44-45-48-50-53-56-59-62-65-77(82)89-68-74(80)69-91-96(85,86)92-70-75(81)71-93-97(87,88)94-73-76(95-79(84)67-64-61-58-55-52-47-24-21-18-15-12-9-6-3)72-90-78(83)66-63-60-57-54-51-49-46-43-41-30-28-26-23-20-17-14-11-8-5-2/h8,11,16-17,19-20,25-28,31-32,34-35,41,43,74-76,80-81H,4-7,9-10,12-15,18,21-24,29-30,33,36-40,42,44-73H2,1-3H3,(H,85,86)(H,87,88)/b11-8-,19-16-,20-17-,27-25-,28-26-,32-31-,35-34-,43-41-. The number of aliphatic hydroxyl groups is 2. The highest BCUT2D eigenvalue weighted by Crippen LogP contribution is 2.45. The van der Waals surface area contributed by atoms with Gasteiger partial charge in [-0.1, -0.05) is 304 Å². The van der Waals surface area contributed by atoms with Crippen LogP contribution in [-0.4, -0.2) is 95.9 Å². The lowest BCUT2D eigenvalue weighted by Crippen LogP contribution is -2.30. The maximum absolute atomic E-state index is 12.9. The van der Waals surface area contributed by atoms with Crippen molar-refractivity contribution in [3.63, 3.8) is 0 Å². The normalized spacial score (nSPS) is 14.6. The molecule has 0 saturated carbocycles. The van der Waals surface area contributed by atoms with E-state index in [0.29, 0.717) is 19.3 Å². The van der Waals surface area contributed by atoms with Gasteiger partial charge >= 0.3 is 33.6 Å². The number of rotatable bonds is 73. The van der Waals surface area contributed by atoms with Crippen LogP contribution in [0.4, 0.5) is 0 Å². The van der Waals surface area contributed by atoms with Crippen molar-refractivity contribution in [1.82, 2.24) is 0 Å². The Morgan fingerprint density at radius 3 is 0.887 bits per heavy atom. The van der Waals surface area contributed by atoms with Crippen molar-refractivity contribution in [2.45, 2.75) is 347 Å². The monoisotopic (exact) mass is 1410 g/mol. The minimum Gasteiger partial charge on any atom is -0.463 e. The van der Waals surface area contributed by atoms with Crippen molar-refractivity contribution < 1.29 is 75.8 Å². The Bertz CT molecular complexity index is 2150. The molecule has 562 valence electrons. The Morgan fingerprint density at radius 1 is 0.299 bits per heavy atom. The fraction of sp³-hybridized carbons (Fsp3) is 0.759. The number of allylic oxidation sites excluding steroid dienone is 16. The number of ether oxygens (including phenoxy) is 3. The van der Waals surface area contributed by atoms with Crippen LogP contribution >= 0.6 is 15.6 Å². The number of aliphatic hydroxyl groups excluding tert-OH is 2. The quantitative estimate of drug-likeness (QED) is 0.0146. The molecule has 0 aliphatic carbocycles. The van der Waals surface area contributed by atoms with E-state index in [9.17, 15) is 43.5 Å². The zero-order valence-electron chi connectivity index (χ0n) is 61.2. The van der Waals surface area contributed by atoms with Crippen molar-refractivity contribution >= 4 is 33.6 Å². The van der Waals surface area contributed by atoms with Gasteiger partial charge in [0.15, 0.2) is 6.10 Å². The molecule has 0 radical (unpaired) electrons. The molecular formula is C79H140O16P2. The van der Waals surface area contributed by atoms with E-state index < -0.39 is 91.5 Å². The van der Waals surface area contributed by atoms with Gasteiger partial charge in [-0.05, 0) is 103 Å². The molecule has 97 heavy (non-hydrogen) atoms. The summed E-state index contributed by atoms with van der Waals surface area (Å²) in [5.74, 6) is -1.58. The number of unbranched alkanes of at least 4 members (excludes halogenated alkanes) is 34. The number of phosphoric acid groups is 2. The van der Waals surface area contributed by atoms with E-state index in [4.69, 9.17) is 32.3 Å². The molecule has 0 saturated heterocycles. The molecule has 0 aliphatic rings. The topological polar surface area (TPSA) is 231 Å². The van der Waals surface area contributed by atoms with E-state index in [1.165, 1.54) is 135 Å². The highest BCUT2D eigenvalue weighted by molar-refractivity contribution is 7.47. The molecule has 0 aromatic carbocycles. The molecule has 18 heteroatoms. The van der Waals surface area contributed by atoms with Gasteiger partial charge in [-0.3, -0.25) is 32.5 Å². The first-order valence-electron chi connectivity index (χ1n) is 38.5. The number of hydrogen-bond acceptors (Lipinski definition) is 14. The summed E-state index contributed by atoms with van der Waals surface area (Å²) in [7, 11) is -9.78. The second-order valence-corrected chi connectivity index (χ2v) is 28.7. The van der Waals surface area contributed by atoms with Crippen LogP contribution in [-0.2, 0) is 55.8 Å². The molecule has 5 atom stereocenters. The summed E-state index contributed by atoms with van der Waals surface area (Å²) < 4.78 is 61.1. The molecule has 0 aliphatic heterocycles. The fourth-order valence-corrected chi connectivity index (χ4v) is 12.0. The third kappa shape index (κ3) is 73.5. The number of phosphoric ester groups is 2. The molecule has 0 heterocycles. The van der Waals surface area contributed by atoms with Gasteiger partial charge in [0.25, 0.3) is 0 Å². The summed E-state index contributed by atoms with van der Waals surface area (Å²) in [4.78, 5) is 58.5. The molecule has 0 bridgehead atoms. The number of carbonyl (C=O) groups is 3. The molecule has 4 N–H and O–H groups in total. The van der Waals surface area contributed by atoms with Crippen LogP contribution in [0.1, 0.15) is 329 Å². The third-order valence-corrected chi connectivity index (χ3v) is 18.2. The molecule has 0 amide bonds. The van der Waals surface area contributed by atoms with Crippen LogP contribution in [0.25, 0.3) is 0 Å². The fourth-order valence-electron chi connectivity index (χ4n) is 10.4. The summed E-state index contributed by atoms with van der Waals surface area (Å²) in [5.41, 5.74) is 0. The van der Waals surface area contributed by atoms with Crippen molar-refractivity contribution in [3.8, 4) is 0 Å². The summed E-state index contributed by atoms with van der Waals surface area (Å²) in [5, 5.41) is 20.6. The zero-order valence-corrected chi connectivity index (χ0v) is 63.0. The summed E-state index contributed by atoms with van der Waals surface area (Å²) in [6, 6.07) is 0. The average Bonchev–Trinajstić information content (AvgIpc) is 2.57. The van der Waals surface area contributed by atoms with Crippen LogP contribution in [0.15, 0.2) is 97.2 Å². The molecule has 0 rings (SSSR count). The molecule has 0 fully saturated rings. The Morgan fingerprint density at radius 2 is 0.546 bits per heavy atom. The molecule has 5 unspecified atom stereocenters. The van der Waals surface area contributed by atoms with Crippen molar-refractivity contribution in [2.75, 3.05) is 39.6 Å².